The van der Waals surface area contributed by atoms with Gasteiger partial charge >= 0.3 is 5.97 Å². The van der Waals surface area contributed by atoms with Gasteiger partial charge < -0.3 is 9.84 Å². The van der Waals surface area contributed by atoms with Crippen molar-refractivity contribution in [3.8, 4) is 5.75 Å². The van der Waals surface area contributed by atoms with E-state index in [0.717, 1.165) is 0 Å². The number of carboxylic acid groups (broad SMARTS) is 1. The molecule has 0 fully saturated rings. The van der Waals surface area contributed by atoms with Crippen molar-refractivity contribution in [1.29, 1.82) is 0 Å². The predicted molar refractivity (Wildman–Crippen MR) is 57.6 cm³/mol. The van der Waals surface area contributed by atoms with Gasteiger partial charge in [0, 0.05) is 0 Å². The number of hydrogen-bond acceptors (Lipinski definition) is 2. The molecular formula is C9H7F2IO3. The summed E-state index contributed by atoms with van der Waals surface area (Å²) in [4.78, 5) is 10.6. The predicted octanol–water partition coefficient (Wildman–Crippen LogP) is 2.63. The lowest BCUT2D eigenvalue weighted by atomic mass is 10.2. The first-order chi connectivity index (χ1) is 7.00. The maximum atomic E-state index is 11.9. The number of aromatic carboxylic acids is 1. The maximum Gasteiger partial charge on any atom is 0.335 e. The lowest BCUT2D eigenvalue weighted by Gasteiger charge is -2.08. The summed E-state index contributed by atoms with van der Waals surface area (Å²) in [5.41, 5.74) is 0.0136. The first kappa shape index (κ1) is 12.2. The van der Waals surface area contributed by atoms with Crippen molar-refractivity contribution < 1.29 is 23.4 Å². The molecule has 0 aliphatic rings. The standard InChI is InChI=1S/C9H7F2IO3/c10-8(11)4-15-7-3-5(9(13)14)1-2-6(7)12/h1-3,8H,4H2,(H,13,14). The highest BCUT2D eigenvalue weighted by Gasteiger charge is 2.10. The lowest BCUT2D eigenvalue weighted by Crippen LogP contribution is -2.08. The first-order valence-electron chi connectivity index (χ1n) is 3.94. The fraction of sp³-hybridized carbons (Fsp3) is 0.222. The third kappa shape index (κ3) is 3.61. The molecule has 0 unspecified atom stereocenters. The van der Waals surface area contributed by atoms with Crippen LogP contribution >= 0.6 is 22.6 Å². The zero-order valence-corrected chi connectivity index (χ0v) is 9.57. The molecule has 0 bridgehead atoms. The van der Waals surface area contributed by atoms with Crippen molar-refractivity contribution in [1.82, 2.24) is 0 Å². The molecule has 6 heteroatoms. The maximum absolute atomic E-state index is 11.9. The second-order valence-electron chi connectivity index (χ2n) is 2.65. The van der Waals surface area contributed by atoms with Gasteiger partial charge in [0.2, 0.25) is 0 Å². The monoisotopic (exact) mass is 328 g/mol. The molecule has 0 spiro atoms. The van der Waals surface area contributed by atoms with Gasteiger partial charge in [0.1, 0.15) is 12.4 Å². The molecule has 0 radical (unpaired) electrons. The average molecular weight is 328 g/mol. The zero-order chi connectivity index (χ0) is 11.4. The number of ether oxygens (including phenoxy) is 1. The summed E-state index contributed by atoms with van der Waals surface area (Å²) in [6.07, 6.45) is -2.57. The zero-order valence-electron chi connectivity index (χ0n) is 7.41. The number of carboxylic acids is 1. The minimum atomic E-state index is -2.57. The van der Waals surface area contributed by atoms with Crippen LogP contribution in [0.25, 0.3) is 0 Å². The second-order valence-corrected chi connectivity index (χ2v) is 3.81. The average Bonchev–Trinajstić information content (AvgIpc) is 2.16. The molecule has 0 atom stereocenters. The van der Waals surface area contributed by atoms with E-state index in [9.17, 15) is 13.6 Å². The van der Waals surface area contributed by atoms with E-state index in [1.165, 1.54) is 18.2 Å². The molecule has 0 heterocycles. The van der Waals surface area contributed by atoms with Crippen LogP contribution in [-0.2, 0) is 0 Å². The normalized spacial score (nSPS) is 10.4. The number of hydrogen-bond donors (Lipinski definition) is 1. The first-order valence-corrected chi connectivity index (χ1v) is 5.02. The summed E-state index contributed by atoms with van der Waals surface area (Å²) in [5.74, 6) is -0.955. The second kappa shape index (κ2) is 5.24. The van der Waals surface area contributed by atoms with Gasteiger partial charge in [-0.3, -0.25) is 0 Å². The van der Waals surface area contributed by atoms with Crippen molar-refractivity contribution in [3.05, 3.63) is 27.3 Å². The Morgan fingerprint density at radius 1 is 1.53 bits per heavy atom. The Kier molecular flexibility index (Phi) is 4.25. The molecule has 0 amide bonds. The molecule has 82 valence electrons. The minimum Gasteiger partial charge on any atom is -0.487 e. The van der Waals surface area contributed by atoms with Gasteiger partial charge in [-0.05, 0) is 40.8 Å². The number of halogens is 3. The third-order valence-corrected chi connectivity index (χ3v) is 2.43. The van der Waals surface area contributed by atoms with Crippen LogP contribution in [-0.4, -0.2) is 24.1 Å². The Labute approximate surface area is 98.2 Å². The smallest absolute Gasteiger partial charge is 0.335 e. The third-order valence-electron chi connectivity index (χ3n) is 1.54. The van der Waals surface area contributed by atoms with Gasteiger partial charge in [-0.15, -0.1) is 0 Å². The van der Waals surface area contributed by atoms with E-state index in [0.29, 0.717) is 3.57 Å². The Bertz CT molecular complexity index is 368. The quantitative estimate of drug-likeness (QED) is 0.865. The van der Waals surface area contributed by atoms with Crippen molar-refractivity contribution in [2.24, 2.45) is 0 Å². The fourth-order valence-corrected chi connectivity index (χ4v) is 1.39. The number of benzene rings is 1. The van der Waals surface area contributed by atoms with E-state index in [-0.39, 0.29) is 11.3 Å². The van der Waals surface area contributed by atoms with Gasteiger partial charge in [0.15, 0.2) is 0 Å². The Hall–Kier alpha value is -0.920. The molecule has 3 nitrogen and oxygen atoms in total. The summed E-state index contributed by atoms with van der Waals surface area (Å²) < 4.78 is 29.1. The van der Waals surface area contributed by atoms with E-state index in [2.05, 4.69) is 0 Å². The van der Waals surface area contributed by atoms with E-state index in [1.807, 2.05) is 22.6 Å². The molecule has 0 aliphatic heterocycles. The number of rotatable bonds is 4. The van der Waals surface area contributed by atoms with Crippen molar-refractivity contribution >= 4 is 28.6 Å². The van der Waals surface area contributed by atoms with Crippen LogP contribution in [0.5, 0.6) is 5.75 Å². The highest BCUT2D eigenvalue weighted by atomic mass is 127. The van der Waals surface area contributed by atoms with Crippen molar-refractivity contribution in [2.45, 2.75) is 6.43 Å². The minimum absolute atomic E-state index is 0.0136. The number of alkyl halides is 2. The molecule has 0 aromatic heterocycles. The lowest BCUT2D eigenvalue weighted by molar-refractivity contribution is 0.0695. The van der Waals surface area contributed by atoms with Gasteiger partial charge in [0.25, 0.3) is 6.43 Å². The van der Waals surface area contributed by atoms with Crippen LogP contribution in [0.1, 0.15) is 10.4 Å². The van der Waals surface area contributed by atoms with E-state index in [1.54, 1.807) is 0 Å². The molecule has 1 N–H and O–H groups in total. The largest absolute Gasteiger partial charge is 0.487 e. The molecule has 0 saturated carbocycles. The summed E-state index contributed by atoms with van der Waals surface area (Å²) in [6, 6.07) is 4.12. The van der Waals surface area contributed by atoms with Crippen LogP contribution in [0, 0.1) is 3.57 Å². The van der Waals surface area contributed by atoms with Gasteiger partial charge in [0.05, 0.1) is 9.13 Å². The van der Waals surface area contributed by atoms with E-state index >= 15 is 0 Å². The van der Waals surface area contributed by atoms with Gasteiger partial charge in [-0.25, -0.2) is 13.6 Å². The Morgan fingerprint density at radius 2 is 2.20 bits per heavy atom. The summed E-state index contributed by atoms with van der Waals surface area (Å²) in [7, 11) is 0. The van der Waals surface area contributed by atoms with Crippen LogP contribution in [0.4, 0.5) is 8.78 Å². The van der Waals surface area contributed by atoms with Crippen LogP contribution in [0.3, 0.4) is 0 Å². The van der Waals surface area contributed by atoms with Crippen molar-refractivity contribution in [3.63, 3.8) is 0 Å². The topological polar surface area (TPSA) is 46.5 Å². The molecular weight excluding hydrogens is 321 g/mol. The molecule has 1 rings (SSSR count). The van der Waals surface area contributed by atoms with Gasteiger partial charge in [-0.2, -0.15) is 0 Å². The van der Waals surface area contributed by atoms with Crippen molar-refractivity contribution in [2.75, 3.05) is 6.61 Å². The molecule has 0 saturated heterocycles. The number of carbonyl (C=O) groups is 1. The molecule has 1 aromatic carbocycles. The molecule has 1 aromatic rings. The molecule has 15 heavy (non-hydrogen) atoms. The summed E-state index contributed by atoms with van der Waals surface area (Å²) in [6.45, 7) is -0.737. The molecule has 0 aliphatic carbocycles. The van der Waals surface area contributed by atoms with Crippen LogP contribution in [0.2, 0.25) is 0 Å². The van der Waals surface area contributed by atoms with Gasteiger partial charge in [-0.1, -0.05) is 0 Å². The van der Waals surface area contributed by atoms with Crippen LogP contribution < -0.4 is 4.74 Å². The summed E-state index contributed by atoms with van der Waals surface area (Å²) >= 11 is 1.88. The van der Waals surface area contributed by atoms with E-state index < -0.39 is 19.0 Å². The fourth-order valence-electron chi connectivity index (χ4n) is 0.900. The van der Waals surface area contributed by atoms with Crippen LogP contribution in [0.15, 0.2) is 18.2 Å². The highest BCUT2D eigenvalue weighted by Crippen LogP contribution is 2.22. The van der Waals surface area contributed by atoms with E-state index in [4.69, 9.17) is 9.84 Å². The summed E-state index contributed by atoms with van der Waals surface area (Å²) in [5, 5.41) is 8.67. The SMILES string of the molecule is O=C(O)c1ccc(I)c(OCC(F)F)c1. The highest BCUT2D eigenvalue weighted by molar-refractivity contribution is 14.1. The Balaban J connectivity index is 2.85. The Morgan fingerprint density at radius 3 is 2.73 bits per heavy atom.